The summed E-state index contributed by atoms with van der Waals surface area (Å²) in [5.74, 6) is 0. The van der Waals surface area contributed by atoms with Crippen molar-refractivity contribution in [1.29, 1.82) is 0 Å². The van der Waals surface area contributed by atoms with Crippen LogP contribution in [0.25, 0.3) is 21.8 Å². The number of fused-ring (bicyclic) bond motifs is 2. The normalized spacial score (nSPS) is 12.2. The monoisotopic (exact) mass is 300 g/mol. The van der Waals surface area contributed by atoms with Gasteiger partial charge in [0.15, 0.2) is 6.20 Å². The fraction of sp³-hybridized carbons (Fsp3) is 0.100. The topological polar surface area (TPSA) is 21.2 Å². The lowest BCUT2D eigenvalue weighted by Gasteiger charge is -2.06. The zero-order valence-corrected chi connectivity index (χ0v) is 13.3. The fourth-order valence-electron chi connectivity index (χ4n) is 3.02. The first kappa shape index (κ1) is 13.7. The van der Waals surface area contributed by atoms with E-state index in [1.165, 1.54) is 16.4 Å². The molecular formula is C20H18N3+. The molecule has 2 heterocycles. The molecule has 0 amide bonds. The second kappa shape index (κ2) is 5.36. The molecule has 0 aliphatic carbocycles. The first-order valence-electron chi connectivity index (χ1n) is 7.71. The highest BCUT2D eigenvalue weighted by atomic mass is 15.0. The summed E-state index contributed by atoms with van der Waals surface area (Å²) in [6.07, 6.45) is 2.06. The molecule has 3 heteroatoms. The van der Waals surface area contributed by atoms with Crippen molar-refractivity contribution in [3.8, 4) is 0 Å². The van der Waals surface area contributed by atoms with Gasteiger partial charge in [-0.2, -0.15) is 0 Å². The van der Waals surface area contributed by atoms with Gasteiger partial charge in [-0.25, -0.2) is 9.56 Å². The molecule has 0 atom stereocenters. The molecule has 2 aromatic carbocycles. The highest BCUT2D eigenvalue weighted by Crippen LogP contribution is 2.22. The maximum absolute atomic E-state index is 4.91. The van der Waals surface area contributed by atoms with E-state index < -0.39 is 0 Å². The Kier molecular flexibility index (Phi) is 3.19. The Labute approximate surface area is 134 Å². The molecule has 0 aliphatic rings. The van der Waals surface area contributed by atoms with Crippen LogP contribution in [0.3, 0.4) is 0 Å². The summed E-state index contributed by atoms with van der Waals surface area (Å²) >= 11 is 0. The number of aryl methyl sites for hydroxylation is 2. The zero-order chi connectivity index (χ0) is 15.8. The molecule has 112 valence electrons. The maximum atomic E-state index is 4.91. The van der Waals surface area contributed by atoms with Gasteiger partial charge in [-0.05, 0) is 29.7 Å². The van der Waals surface area contributed by atoms with E-state index in [4.69, 9.17) is 4.99 Å². The van der Waals surface area contributed by atoms with E-state index >= 15 is 0 Å². The number of hydrogen-bond acceptors (Lipinski definition) is 1. The summed E-state index contributed by atoms with van der Waals surface area (Å²) in [6, 6.07) is 23.0. The van der Waals surface area contributed by atoms with E-state index in [1.54, 1.807) is 0 Å². The van der Waals surface area contributed by atoms with Crippen LogP contribution in [0.5, 0.6) is 0 Å². The molecular weight excluding hydrogens is 282 g/mol. The summed E-state index contributed by atoms with van der Waals surface area (Å²) in [5.41, 5.74) is 4.30. The van der Waals surface area contributed by atoms with Gasteiger partial charge in [0, 0.05) is 24.7 Å². The first-order chi connectivity index (χ1) is 11.2. The Hall–Kier alpha value is -2.94. The Bertz CT molecular complexity index is 1090. The van der Waals surface area contributed by atoms with Crippen molar-refractivity contribution < 1.29 is 4.57 Å². The first-order valence-corrected chi connectivity index (χ1v) is 7.71. The standard InChI is InChI=1S/C20H18N3/c1-22-14-13-17(16-8-4-6-10-19(16)22)21-20-12-11-15-7-3-5-9-18(15)23(20)2/h3-14H,1-2H3/q+1. The van der Waals surface area contributed by atoms with Gasteiger partial charge in [0.2, 0.25) is 5.52 Å². The summed E-state index contributed by atoms with van der Waals surface area (Å²) in [7, 11) is 4.12. The lowest BCUT2D eigenvalue weighted by Crippen LogP contribution is -2.27. The van der Waals surface area contributed by atoms with E-state index in [2.05, 4.69) is 96.2 Å². The van der Waals surface area contributed by atoms with Gasteiger partial charge in [-0.1, -0.05) is 30.3 Å². The molecule has 3 nitrogen and oxygen atoms in total. The van der Waals surface area contributed by atoms with Crippen molar-refractivity contribution in [3.05, 3.63) is 78.4 Å². The number of hydrogen-bond donors (Lipinski definition) is 0. The fourth-order valence-corrected chi connectivity index (χ4v) is 3.02. The lowest BCUT2D eigenvalue weighted by molar-refractivity contribution is -0.644. The van der Waals surface area contributed by atoms with Crippen molar-refractivity contribution in [2.24, 2.45) is 19.1 Å². The van der Waals surface area contributed by atoms with Gasteiger partial charge < -0.3 is 4.57 Å². The number of pyridine rings is 2. The third-order valence-electron chi connectivity index (χ3n) is 4.30. The maximum Gasteiger partial charge on any atom is 0.214 e. The van der Waals surface area contributed by atoms with Crippen LogP contribution >= 0.6 is 0 Å². The number of benzene rings is 2. The Morgan fingerprint density at radius 1 is 0.870 bits per heavy atom. The molecule has 0 saturated carbocycles. The highest BCUT2D eigenvalue weighted by Gasteiger charge is 2.08. The third kappa shape index (κ3) is 2.30. The lowest BCUT2D eigenvalue weighted by atomic mass is 10.2. The molecule has 0 bridgehead atoms. The van der Waals surface area contributed by atoms with Crippen LogP contribution in [-0.2, 0) is 14.1 Å². The second-order valence-corrected chi connectivity index (χ2v) is 5.75. The van der Waals surface area contributed by atoms with Gasteiger partial charge in [0.05, 0.1) is 11.1 Å². The number of para-hydroxylation sites is 2. The van der Waals surface area contributed by atoms with Gasteiger partial charge in [-0.15, -0.1) is 0 Å². The minimum absolute atomic E-state index is 0.947. The average molecular weight is 300 g/mol. The molecule has 0 N–H and O–H groups in total. The van der Waals surface area contributed by atoms with Crippen LogP contribution in [-0.4, -0.2) is 4.57 Å². The van der Waals surface area contributed by atoms with Gasteiger partial charge >= 0.3 is 0 Å². The summed E-state index contributed by atoms with van der Waals surface area (Å²) < 4.78 is 4.26. The molecule has 0 aliphatic heterocycles. The van der Waals surface area contributed by atoms with Gasteiger partial charge in [-0.3, -0.25) is 0 Å². The predicted molar refractivity (Wildman–Crippen MR) is 93.3 cm³/mol. The van der Waals surface area contributed by atoms with Crippen LogP contribution in [0.1, 0.15) is 0 Å². The molecule has 0 spiro atoms. The quantitative estimate of drug-likeness (QED) is 0.481. The minimum Gasteiger partial charge on any atom is -0.329 e. The van der Waals surface area contributed by atoms with Gasteiger partial charge in [0.1, 0.15) is 12.5 Å². The van der Waals surface area contributed by atoms with E-state index in [9.17, 15) is 0 Å². The molecule has 4 rings (SSSR count). The molecule has 0 radical (unpaired) electrons. The second-order valence-electron chi connectivity index (χ2n) is 5.75. The van der Waals surface area contributed by atoms with E-state index in [0.717, 1.165) is 16.6 Å². The van der Waals surface area contributed by atoms with Crippen LogP contribution < -0.4 is 10.1 Å². The molecule has 2 aromatic heterocycles. The smallest absolute Gasteiger partial charge is 0.214 e. The average Bonchev–Trinajstić information content (AvgIpc) is 2.60. The SMILES string of the molecule is Cn1c(=Nc2cc[n+](C)c3ccccc23)ccc2ccccc21. The largest absolute Gasteiger partial charge is 0.329 e. The molecule has 0 fully saturated rings. The van der Waals surface area contributed by atoms with Crippen molar-refractivity contribution >= 4 is 27.5 Å². The van der Waals surface area contributed by atoms with Crippen LogP contribution in [0.15, 0.2) is 77.9 Å². The molecule has 0 saturated heterocycles. The Balaban J connectivity index is 2.02. The van der Waals surface area contributed by atoms with E-state index in [-0.39, 0.29) is 0 Å². The molecule has 4 aromatic rings. The Morgan fingerprint density at radius 2 is 1.65 bits per heavy atom. The summed E-state index contributed by atoms with van der Waals surface area (Å²) in [4.78, 5) is 4.91. The number of aromatic nitrogens is 2. The zero-order valence-electron chi connectivity index (χ0n) is 13.3. The molecule has 23 heavy (non-hydrogen) atoms. The van der Waals surface area contributed by atoms with Gasteiger partial charge in [0.25, 0.3) is 0 Å². The van der Waals surface area contributed by atoms with E-state index in [0.29, 0.717) is 0 Å². The van der Waals surface area contributed by atoms with Crippen LogP contribution in [0.2, 0.25) is 0 Å². The highest BCUT2D eigenvalue weighted by molar-refractivity contribution is 5.87. The van der Waals surface area contributed by atoms with Crippen molar-refractivity contribution in [2.45, 2.75) is 0 Å². The third-order valence-corrected chi connectivity index (χ3v) is 4.30. The minimum atomic E-state index is 0.947. The van der Waals surface area contributed by atoms with Crippen LogP contribution in [0, 0.1) is 0 Å². The predicted octanol–water partition coefficient (Wildman–Crippen LogP) is 3.39. The Morgan fingerprint density at radius 3 is 2.57 bits per heavy atom. The van der Waals surface area contributed by atoms with Crippen molar-refractivity contribution in [2.75, 3.05) is 0 Å². The van der Waals surface area contributed by atoms with Crippen molar-refractivity contribution in [3.63, 3.8) is 0 Å². The summed E-state index contributed by atoms with van der Waals surface area (Å²) in [5, 5.41) is 2.38. The number of nitrogens with zero attached hydrogens (tertiary/aromatic N) is 3. The van der Waals surface area contributed by atoms with Crippen molar-refractivity contribution in [1.82, 2.24) is 4.57 Å². The molecule has 0 unspecified atom stereocenters. The summed E-state index contributed by atoms with van der Waals surface area (Å²) in [6.45, 7) is 0. The number of rotatable bonds is 1. The van der Waals surface area contributed by atoms with Crippen LogP contribution in [0.4, 0.5) is 5.69 Å². The van der Waals surface area contributed by atoms with E-state index in [1.807, 2.05) is 0 Å².